The van der Waals surface area contributed by atoms with Crippen LogP contribution in [0.3, 0.4) is 0 Å². The maximum absolute atomic E-state index is 13.8. The fourth-order valence-electron chi connectivity index (χ4n) is 2.16. The third-order valence-corrected chi connectivity index (χ3v) is 5.13. The van der Waals surface area contributed by atoms with Crippen LogP contribution in [-0.2, 0) is 10.0 Å². The lowest BCUT2D eigenvalue weighted by Gasteiger charge is -2.08. The Kier molecular flexibility index (Phi) is 5.08. The van der Waals surface area contributed by atoms with Crippen molar-refractivity contribution < 1.29 is 12.8 Å². The zero-order chi connectivity index (χ0) is 16.3. The van der Waals surface area contributed by atoms with Crippen molar-refractivity contribution in [1.29, 1.82) is 0 Å². The quantitative estimate of drug-likeness (QED) is 0.833. The minimum atomic E-state index is -4.14. The Morgan fingerprint density at radius 2 is 2.18 bits per heavy atom. The van der Waals surface area contributed by atoms with Crippen molar-refractivity contribution in [2.75, 3.05) is 4.72 Å². The molecule has 8 heteroatoms. The maximum atomic E-state index is 13.8. The van der Waals surface area contributed by atoms with Gasteiger partial charge in [-0.25, -0.2) is 12.8 Å². The third-order valence-electron chi connectivity index (χ3n) is 3.28. The second-order valence-corrected chi connectivity index (χ2v) is 7.08. The highest BCUT2D eigenvalue weighted by Gasteiger charge is 2.24. The molecule has 5 nitrogen and oxygen atoms in total. The number of rotatable bonds is 6. The number of nitrogens with one attached hydrogen (secondary N) is 2. The molecule has 2 aromatic rings. The molecule has 0 aliphatic heterocycles. The van der Waals surface area contributed by atoms with Crippen molar-refractivity contribution in [3.63, 3.8) is 0 Å². The van der Waals surface area contributed by atoms with Crippen LogP contribution in [0.1, 0.15) is 38.3 Å². The summed E-state index contributed by atoms with van der Waals surface area (Å²) >= 11 is 5.79. The predicted octanol–water partition coefficient (Wildman–Crippen LogP) is 3.91. The standard InChI is InChI=1S/C14H17ClFN3O2S/c1-3-5-9(2)12-8-13(18-17-12)19-22(20,21)14-10(15)6-4-7-11(14)16/h4,6-9H,3,5H2,1-2H3,(H2,17,18,19). The minimum absolute atomic E-state index is 0.109. The highest BCUT2D eigenvalue weighted by atomic mass is 35.5. The Hall–Kier alpha value is -1.60. The summed E-state index contributed by atoms with van der Waals surface area (Å²) in [6.07, 6.45) is 1.96. The largest absolute Gasteiger partial charge is 0.280 e. The maximum Gasteiger partial charge on any atom is 0.267 e. The summed E-state index contributed by atoms with van der Waals surface area (Å²) in [5, 5.41) is 6.52. The molecule has 0 radical (unpaired) electrons. The Bertz CT molecular complexity index is 741. The molecular formula is C14H17ClFN3O2S. The highest BCUT2D eigenvalue weighted by molar-refractivity contribution is 7.92. The van der Waals surface area contributed by atoms with E-state index in [1.165, 1.54) is 12.1 Å². The molecule has 1 unspecified atom stereocenters. The van der Waals surface area contributed by atoms with Crippen LogP contribution < -0.4 is 4.72 Å². The molecule has 0 aliphatic rings. The van der Waals surface area contributed by atoms with E-state index in [4.69, 9.17) is 11.6 Å². The summed E-state index contributed by atoms with van der Waals surface area (Å²) in [5.74, 6) is -0.569. The van der Waals surface area contributed by atoms with Crippen LogP contribution >= 0.6 is 11.6 Å². The molecule has 0 bridgehead atoms. The number of hydrogen-bond donors (Lipinski definition) is 2. The number of anilines is 1. The lowest BCUT2D eigenvalue weighted by Crippen LogP contribution is -2.15. The number of hydrogen-bond acceptors (Lipinski definition) is 3. The Balaban J connectivity index is 2.26. The van der Waals surface area contributed by atoms with Crippen molar-refractivity contribution in [2.45, 2.75) is 37.5 Å². The second kappa shape index (κ2) is 6.66. The number of sulfonamides is 1. The molecular weight excluding hydrogens is 329 g/mol. The average molecular weight is 346 g/mol. The van der Waals surface area contributed by atoms with Crippen molar-refractivity contribution in [3.8, 4) is 0 Å². The van der Waals surface area contributed by atoms with Gasteiger partial charge in [0, 0.05) is 11.8 Å². The van der Waals surface area contributed by atoms with Crippen LogP contribution in [0.5, 0.6) is 0 Å². The molecule has 0 amide bonds. The normalized spacial score (nSPS) is 13.1. The van der Waals surface area contributed by atoms with Gasteiger partial charge in [-0.3, -0.25) is 9.82 Å². The van der Waals surface area contributed by atoms with E-state index in [-0.39, 0.29) is 16.8 Å². The molecule has 1 atom stereocenters. The van der Waals surface area contributed by atoms with Crippen LogP contribution in [-0.4, -0.2) is 18.6 Å². The first-order chi connectivity index (χ1) is 10.3. The highest BCUT2D eigenvalue weighted by Crippen LogP contribution is 2.27. The Morgan fingerprint density at radius 3 is 2.82 bits per heavy atom. The number of aromatic amines is 1. The van der Waals surface area contributed by atoms with Crippen molar-refractivity contribution in [2.24, 2.45) is 0 Å². The van der Waals surface area contributed by atoms with Crippen molar-refractivity contribution >= 4 is 27.4 Å². The molecule has 0 fully saturated rings. The van der Waals surface area contributed by atoms with E-state index < -0.39 is 20.7 Å². The zero-order valence-corrected chi connectivity index (χ0v) is 13.8. The minimum Gasteiger partial charge on any atom is -0.280 e. The molecule has 2 rings (SSSR count). The summed E-state index contributed by atoms with van der Waals surface area (Å²) in [4.78, 5) is -0.581. The van der Waals surface area contributed by atoms with Gasteiger partial charge in [-0.05, 0) is 24.5 Å². The van der Waals surface area contributed by atoms with Gasteiger partial charge in [0.25, 0.3) is 10.0 Å². The van der Waals surface area contributed by atoms with Crippen LogP contribution in [0.2, 0.25) is 5.02 Å². The van der Waals surface area contributed by atoms with Gasteiger partial charge in [0.2, 0.25) is 0 Å². The SMILES string of the molecule is CCCC(C)c1cc(NS(=O)(=O)c2c(F)cccc2Cl)n[nH]1. The van der Waals surface area contributed by atoms with E-state index in [1.54, 1.807) is 6.07 Å². The molecule has 0 saturated carbocycles. The lowest BCUT2D eigenvalue weighted by molar-refractivity contribution is 0.570. The van der Waals surface area contributed by atoms with Gasteiger partial charge in [0.1, 0.15) is 10.7 Å². The van der Waals surface area contributed by atoms with E-state index in [9.17, 15) is 12.8 Å². The fourth-order valence-corrected chi connectivity index (χ4v) is 3.76. The van der Waals surface area contributed by atoms with E-state index in [0.29, 0.717) is 0 Å². The lowest BCUT2D eigenvalue weighted by atomic mass is 10.0. The monoisotopic (exact) mass is 345 g/mol. The predicted molar refractivity (Wildman–Crippen MR) is 84.1 cm³/mol. The molecule has 0 saturated heterocycles. The third kappa shape index (κ3) is 3.59. The molecule has 120 valence electrons. The molecule has 1 aromatic carbocycles. The van der Waals surface area contributed by atoms with Crippen LogP contribution in [0.25, 0.3) is 0 Å². The van der Waals surface area contributed by atoms with Crippen molar-refractivity contribution in [3.05, 3.63) is 40.8 Å². The van der Waals surface area contributed by atoms with Gasteiger partial charge in [-0.1, -0.05) is 37.9 Å². The molecule has 22 heavy (non-hydrogen) atoms. The van der Waals surface area contributed by atoms with Crippen LogP contribution in [0.15, 0.2) is 29.2 Å². The Morgan fingerprint density at radius 1 is 1.45 bits per heavy atom. The van der Waals surface area contributed by atoms with E-state index in [2.05, 4.69) is 21.8 Å². The first-order valence-corrected chi connectivity index (χ1v) is 8.73. The number of aromatic nitrogens is 2. The number of benzene rings is 1. The first-order valence-electron chi connectivity index (χ1n) is 6.87. The van der Waals surface area contributed by atoms with Gasteiger partial charge >= 0.3 is 0 Å². The second-order valence-electron chi connectivity index (χ2n) is 5.05. The van der Waals surface area contributed by atoms with E-state index >= 15 is 0 Å². The zero-order valence-electron chi connectivity index (χ0n) is 12.2. The average Bonchev–Trinajstić information content (AvgIpc) is 2.86. The topological polar surface area (TPSA) is 74.8 Å². The molecule has 1 heterocycles. The van der Waals surface area contributed by atoms with E-state index in [0.717, 1.165) is 24.6 Å². The summed E-state index contributed by atoms with van der Waals surface area (Å²) in [5.41, 5.74) is 0.819. The molecule has 0 aliphatic carbocycles. The van der Waals surface area contributed by atoms with Gasteiger partial charge in [0.05, 0.1) is 5.02 Å². The number of halogens is 2. The van der Waals surface area contributed by atoms with Gasteiger partial charge in [-0.2, -0.15) is 5.10 Å². The summed E-state index contributed by atoms with van der Waals surface area (Å²) in [6, 6.07) is 5.31. The van der Waals surface area contributed by atoms with Gasteiger partial charge in [0.15, 0.2) is 5.82 Å². The Labute approximate surface area is 133 Å². The molecule has 1 aromatic heterocycles. The first kappa shape index (κ1) is 16.8. The van der Waals surface area contributed by atoms with E-state index in [1.807, 2.05) is 6.92 Å². The molecule has 2 N–H and O–H groups in total. The number of nitrogens with zero attached hydrogens (tertiary/aromatic N) is 1. The number of H-pyrrole nitrogens is 1. The summed E-state index contributed by atoms with van der Waals surface area (Å²) in [7, 11) is -4.14. The summed E-state index contributed by atoms with van der Waals surface area (Å²) in [6.45, 7) is 4.08. The van der Waals surface area contributed by atoms with Gasteiger partial charge in [-0.15, -0.1) is 0 Å². The fraction of sp³-hybridized carbons (Fsp3) is 0.357. The smallest absolute Gasteiger partial charge is 0.267 e. The summed E-state index contributed by atoms with van der Waals surface area (Å²) < 4.78 is 40.5. The van der Waals surface area contributed by atoms with Crippen molar-refractivity contribution in [1.82, 2.24) is 10.2 Å². The van der Waals surface area contributed by atoms with Gasteiger partial charge < -0.3 is 0 Å². The van der Waals surface area contributed by atoms with Crippen LogP contribution in [0.4, 0.5) is 10.2 Å². The van der Waals surface area contributed by atoms with Crippen LogP contribution in [0, 0.1) is 5.82 Å². The molecule has 0 spiro atoms.